The summed E-state index contributed by atoms with van der Waals surface area (Å²) < 4.78 is 0. The van der Waals surface area contributed by atoms with E-state index in [0.29, 0.717) is 23.7 Å². The molecule has 114 valence electrons. The molecule has 1 N–H and O–H groups in total. The first-order chi connectivity index (χ1) is 10.4. The molecule has 1 saturated carbocycles. The second-order valence-corrected chi connectivity index (χ2v) is 7.31. The van der Waals surface area contributed by atoms with Crippen molar-refractivity contribution in [1.29, 1.82) is 0 Å². The molecule has 0 aliphatic heterocycles. The molecule has 22 heavy (non-hydrogen) atoms. The van der Waals surface area contributed by atoms with E-state index in [0.717, 1.165) is 5.69 Å². The second-order valence-electron chi connectivity index (χ2n) is 6.45. The van der Waals surface area contributed by atoms with Gasteiger partial charge in [0.1, 0.15) is 17.5 Å². The van der Waals surface area contributed by atoms with Crippen LogP contribution in [-0.2, 0) is 9.59 Å². The highest BCUT2D eigenvalue weighted by Crippen LogP contribution is 2.38. The van der Waals surface area contributed by atoms with Gasteiger partial charge in [-0.2, -0.15) is 0 Å². The summed E-state index contributed by atoms with van der Waals surface area (Å²) in [6.45, 7) is 3.92. The number of nitrogens with one attached hydrogen (secondary N) is 1. The molecule has 0 spiro atoms. The van der Waals surface area contributed by atoms with E-state index >= 15 is 0 Å². The van der Waals surface area contributed by atoms with Gasteiger partial charge in [-0.05, 0) is 17.5 Å². The van der Waals surface area contributed by atoms with Gasteiger partial charge in [-0.25, -0.2) is 4.98 Å². The number of benzene rings is 1. The molecule has 1 aromatic carbocycles. The minimum Gasteiger partial charge on any atom is -0.332 e. The largest absolute Gasteiger partial charge is 0.332 e. The molecule has 0 radical (unpaired) electrons. The van der Waals surface area contributed by atoms with Crippen molar-refractivity contribution in [2.45, 2.75) is 32.6 Å². The highest BCUT2D eigenvalue weighted by molar-refractivity contribution is 7.13. The zero-order valence-corrected chi connectivity index (χ0v) is 13.4. The lowest BCUT2D eigenvalue weighted by atomic mass is 9.71. The van der Waals surface area contributed by atoms with E-state index in [1.807, 2.05) is 49.6 Å². The van der Waals surface area contributed by atoms with E-state index in [4.69, 9.17) is 0 Å². The van der Waals surface area contributed by atoms with Crippen molar-refractivity contribution in [1.82, 2.24) is 4.98 Å². The first kappa shape index (κ1) is 14.9. The van der Waals surface area contributed by atoms with Crippen molar-refractivity contribution >= 4 is 33.7 Å². The number of Topliss-reactive ketones (excluding diaryl/α,β-unsaturated/α-hetero) is 2. The van der Waals surface area contributed by atoms with Crippen LogP contribution in [0.1, 0.15) is 38.3 Å². The monoisotopic (exact) mass is 314 g/mol. The Morgan fingerprint density at radius 1 is 1.14 bits per heavy atom. The molecule has 0 bridgehead atoms. The summed E-state index contributed by atoms with van der Waals surface area (Å²) in [4.78, 5) is 29.1. The minimum atomic E-state index is -0.685. The van der Waals surface area contributed by atoms with Crippen LogP contribution in [-0.4, -0.2) is 16.6 Å². The van der Waals surface area contributed by atoms with Crippen LogP contribution in [0.4, 0.5) is 10.8 Å². The van der Waals surface area contributed by atoms with Crippen LogP contribution in [0.3, 0.4) is 0 Å². The Balaban J connectivity index is 1.79. The molecule has 1 fully saturated rings. The van der Waals surface area contributed by atoms with Gasteiger partial charge >= 0.3 is 0 Å². The normalized spacial score (nSPS) is 18.5. The Morgan fingerprint density at radius 2 is 1.77 bits per heavy atom. The van der Waals surface area contributed by atoms with Crippen molar-refractivity contribution in [3.8, 4) is 0 Å². The third-order valence-electron chi connectivity index (χ3n) is 3.79. The number of hydrogen-bond acceptors (Lipinski definition) is 5. The number of anilines is 2. The van der Waals surface area contributed by atoms with Gasteiger partial charge in [-0.1, -0.05) is 32.0 Å². The Hall–Kier alpha value is -2.01. The van der Waals surface area contributed by atoms with Gasteiger partial charge in [-0.15, -0.1) is 11.3 Å². The number of hydrogen-bond donors (Lipinski definition) is 1. The first-order valence-corrected chi connectivity index (χ1v) is 8.15. The topological polar surface area (TPSA) is 59.1 Å². The summed E-state index contributed by atoms with van der Waals surface area (Å²) in [5.74, 6) is -0.716. The number of rotatable bonds is 3. The van der Waals surface area contributed by atoms with Crippen LogP contribution in [0.2, 0.25) is 0 Å². The van der Waals surface area contributed by atoms with Crippen LogP contribution < -0.4 is 5.32 Å². The average Bonchev–Trinajstić information content (AvgIpc) is 2.85. The third kappa shape index (κ3) is 3.09. The molecule has 0 saturated heterocycles. The van der Waals surface area contributed by atoms with Crippen molar-refractivity contribution in [3.63, 3.8) is 0 Å². The number of para-hydroxylation sites is 1. The Morgan fingerprint density at radius 3 is 2.41 bits per heavy atom. The van der Waals surface area contributed by atoms with Gasteiger partial charge in [0.2, 0.25) is 0 Å². The standard InChI is InChI=1S/C17H18N2O2S/c1-17(2)8-13(20)15(14(21)9-17)12-10-22-16(19-12)18-11-6-4-3-5-7-11/h3-7,10,15H,8-9H2,1-2H3,(H,18,19). The zero-order valence-electron chi connectivity index (χ0n) is 12.6. The Labute approximate surface area is 133 Å². The molecule has 5 heteroatoms. The van der Waals surface area contributed by atoms with Crippen LogP contribution in [0.5, 0.6) is 0 Å². The number of aromatic nitrogens is 1. The number of ketones is 2. The lowest BCUT2D eigenvalue weighted by Gasteiger charge is -2.31. The van der Waals surface area contributed by atoms with E-state index < -0.39 is 5.92 Å². The maximum Gasteiger partial charge on any atom is 0.187 e. The highest BCUT2D eigenvalue weighted by atomic mass is 32.1. The summed E-state index contributed by atoms with van der Waals surface area (Å²) in [6.07, 6.45) is 0.866. The highest BCUT2D eigenvalue weighted by Gasteiger charge is 2.41. The zero-order chi connectivity index (χ0) is 15.7. The number of carbonyl (C=O) groups is 2. The van der Waals surface area contributed by atoms with Crippen LogP contribution in [0, 0.1) is 5.41 Å². The molecule has 4 nitrogen and oxygen atoms in total. The fourth-order valence-corrected chi connectivity index (χ4v) is 3.60. The molecule has 1 aromatic heterocycles. The average molecular weight is 314 g/mol. The number of nitrogens with zero attached hydrogens (tertiary/aromatic N) is 1. The number of carbonyl (C=O) groups excluding carboxylic acids is 2. The third-order valence-corrected chi connectivity index (χ3v) is 4.57. The summed E-state index contributed by atoms with van der Waals surface area (Å²) >= 11 is 1.42. The van der Waals surface area contributed by atoms with Crippen molar-refractivity contribution in [3.05, 3.63) is 41.4 Å². The Kier molecular flexibility index (Phi) is 3.83. The van der Waals surface area contributed by atoms with Gasteiger partial charge in [0.05, 0.1) is 5.69 Å². The lowest BCUT2D eigenvalue weighted by molar-refractivity contribution is -0.135. The second kappa shape index (κ2) is 5.65. The van der Waals surface area contributed by atoms with E-state index in [1.54, 1.807) is 0 Å². The molecular weight excluding hydrogens is 296 g/mol. The maximum absolute atomic E-state index is 12.3. The first-order valence-electron chi connectivity index (χ1n) is 7.27. The molecule has 0 atom stereocenters. The van der Waals surface area contributed by atoms with Crippen molar-refractivity contribution in [2.24, 2.45) is 5.41 Å². The predicted molar refractivity (Wildman–Crippen MR) is 87.6 cm³/mol. The molecule has 2 aromatic rings. The molecule has 1 aliphatic rings. The molecule has 1 heterocycles. The van der Waals surface area contributed by atoms with Gasteiger partial charge in [0.25, 0.3) is 0 Å². The minimum absolute atomic E-state index is 0.0159. The summed E-state index contributed by atoms with van der Waals surface area (Å²) in [5.41, 5.74) is 1.28. The molecule has 0 unspecified atom stereocenters. The summed E-state index contributed by atoms with van der Waals surface area (Å²) in [6, 6.07) is 9.71. The molecule has 3 rings (SSSR count). The van der Waals surface area contributed by atoms with E-state index in [1.165, 1.54) is 11.3 Å². The SMILES string of the molecule is CC1(C)CC(=O)C(c2csc(Nc3ccccc3)n2)C(=O)C1. The number of thiazole rings is 1. The molecule has 0 amide bonds. The van der Waals surface area contributed by atoms with Gasteiger partial charge in [0, 0.05) is 23.9 Å². The van der Waals surface area contributed by atoms with Gasteiger partial charge in [0.15, 0.2) is 5.13 Å². The predicted octanol–water partition coefficient (Wildman–Crippen LogP) is 3.93. The Bertz CT molecular complexity index is 686. The summed E-state index contributed by atoms with van der Waals surface area (Å²) in [7, 11) is 0. The molecular formula is C17H18N2O2S. The van der Waals surface area contributed by atoms with E-state index in [9.17, 15) is 9.59 Å². The lowest BCUT2D eigenvalue weighted by Crippen LogP contribution is -2.36. The van der Waals surface area contributed by atoms with Crippen LogP contribution >= 0.6 is 11.3 Å². The van der Waals surface area contributed by atoms with Crippen molar-refractivity contribution in [2.75, 3.05) is 5.32 Å². The fourth-order valence-electron chi connectivity index (χ4n) is 2.84. The van der Waals surface area contributed by atoms with Crippen LogP contribution in [0.25, 0.3) is 0 Å². The molecule has 1 aliphatic carbocycles. The van der Waals surface area contributed by atoms with Gasteiger partial charge in [-0.3, -0.25) is 9.59 Å². The van der Waals surface area contributed by atoms with E-state index in [2.05, 4.69) is 10.3 Å². The summed E-state index contributed by atoms with van der Waals surface area (Å²) in [5, 5.41) is 5.70. The smallest absolute Gasteiger partial charge is 0.187 e. The quantitative estimate of drug-likeness (QED) is 0.872. The van der Waals surface area contributed by atoms with E-state index in [-0.39, 0.29) is 17.0 Å². The fraction of sp³-hybridized carbons (Fsp3) is 0.353. The maximum atomic E-state index is 12.3. The van der Waals surface area contributed by atoms with Gasteiger partial charge < -0.3 is 5.32 Å². The van der Waals surface area contributed by atoms with Crippen molar-refractivity contribution < 1.29 is 9.59 Å². The van der Waals surface area contributed by atoms with Crippen LogP contribution in [0.15, 0.2) is 35.7 Å².